The van der Waals surface area contributed by atoms with Crippen LogP contribution in [0.1, 0.15) is 17.3 Å². The van der Waals surface area contributed by atoms with Gasteiger partial charge in [-0.15, -0.1) is 11.8 Å². The van der Waals surface area contributed by atoms with Crippen LogP contribution in [0.15, 0.2) is 24.3 Å². The van der Waals surface area contributed by atoms with Crippen molar-refractivity contribution in [2.24, 2.45) is 0 Å². The van der Waals surface area contributed by atoms with Crippen LogP contribution in [0.3, 0.4) is 0 Å². The largest absolute Gasteiger partial charge is 0.468 e. The summed E-state index contributed by atoms with van der Waals surface area (Å²) in [5.74, 6) is 0.165. The molecule has 1 heterocycles. The standard InChI is InChI=1S/C16H20N2O5S/c1-3-23-16(21)17-12-6-4-5-11(9-12)14(19)18-7-8-24-13(10-18)15(20)22-2/h4-6,9,13H,3,7-8,10H2,1-2H3,(H,17,21)/t13-/m0/s1. The molecule has 0 aromatic heterocycles. The third-order valence-corrected chi connectivity index (χ3v) is 4.61. The van der Waals surface area contributed by atoms with E-state index >= 15 is 0 Å². The van der Waals surface area contributed by atoms with Crippen LogP contribution in [0.25, 0.3) is 0 Å². The number of carbonyl (C=O) groups is 3. The molecule has 7 nitrogen and oxygen atoms in total. The lowest BCUT2D eigenvalue weighted by molar-refractivity contribution is -0.140. The van der Waals surface area contributed by atoms with E-state index in [0.717, 1.165) is 0 Å². The van der Waals surface area contributed by atoms with Crippen molar-refractivity contribution < 1.29 is 23.9 Å². The van der Waals surface area contributed by atoms with Gasteiger partial charge in [-0.3, -0.25) is 14.9 Å². The quantitative estimate of drug-likeness (QED) is 0.834. The summed E-state index contributed by atoms with van der Waals surface area (Å²) in [6.45, 7) is 2.86. The fourth-order valence-electron chi connectivity index (χ4n) is 2.31. The first-order chi connectivity index (χ1) is 11.5. The number of amides is 2. The Balaban J connectivity index is 2.06. The Hall–Kier alpha value is -2.22. The fraction of sp³-hybridized carbons (Fsp3) is 0.438. The van der Waals surface area contributed by atoms with Gasteiger partial charge in [0.2, 0.25) is 0 Å². The zero-order valence-corrected chi connectivity index (χ0v) is 14.4. The Morgan fingerprint density at radius 3 is 2.88 bits per heavy atom. The number of rotatable bonds is 4. The lowest BCUT2D eigenvalue weighted by atomic mass is 10.1. The summed E-state index contributed by atoms with van der Waals surface area (Å²) in [7, 11) is 1.34. The van der Waals surface area contributed by atoms with Crippen LogP contribution in [0.2, 0.25) is 0 Å². The van der Waals surface area contributed by atoms with Crippen molar-refractivity contribution in [2.45, 2.75) is 12.2 Å². The third-order valence-electron chi connectivity index (χ3n) is 3.45. The number of nitrogens with zero attached hydrogens (tertiary/aromatic N) is 1. The molecule has 1 aliphatic heterocycles. The average molecular weight is 352 g/mol. The van der Waals surface area contributed by atoms with Crippen LogP contribution in [0.5, 0.6) is 0 Å². The smallest absolute Gasteiger partial charge is 0.411 e. The number of nitrogens with one attached hydrogen (secondary N) is 1. The van der Waals surface area contributed by atoms with Crippen molar-refractivity contribution in [2.75, 3.05) is 37.9 Å². The first-order valence-electron chi connectivity index (χ1n) is 7.57. The highest BCUT2D eigenvalue weighted by Crippen LogP contribution is 2.22. The number of carbonyl (C=O) groups excluding carboxylic acids is 3. The topological polar surface area (TPSA) is 84.9 Å². The number of hydrogen-bond donors (Lipinski definition) is 1. The van der Waals surface area contributed by atoms with Crippen molar-refractivity contribution >= 4 is 35.4 Å². The van der Waals surface area contributed by atoms with Gasteiger partial charge in [-0.25, -0.2) is 4.79 Å². The summed E-state index contributed by atoms with van der Waals surface area (Å²) >= 11 is 1.49. The van der Waals surface area contributed by atoms with Crippen LogP contribution in [0, 0.1) is 0 Å². The van der Waals surface area contributed by atoms with Crippen molar-refractivity contribution in [3.05, 3.63) is 29.8 Å². The number of thioether (sulfide) groups is 1. The lowest BCUT2D eigenvalue weighted by Crippen LogP contribution is -2.44. The van der Waals surface area contributed by atoms with Crippen LogP contribution >= 0.6 is 11.8 Å². The first kappa shape index (κ1) is 18.1. The van der Waals surface area contributed by atoms with E-state index in [1.54, 1.807) is 36.1 Å². The normalized spacial score (nSPS) is 17.1. The van der Waals surface area contributed by atoms with Crippen molar-refractivity contribution in [1.29, 1.82) is 0 Å². The van der Waals surface area contributed by atoms with Gasteiger partial charge in [0.05, 0.1) is 13.7 Å². The Morgan fingerprint density at radius 1 is 1.38 bits per heavy atom. The molecule has 0 aliphatic carbocycles. The van der Waals surface area contributed by atoms with E-state index in [2.05, 4.69) is 5.32 Å². The molecule has 2 rings (SSSR count). The van der Waals surface area contributed by atoms with Crippen LogP contribution in [-0.2, 0) is 14.3 Å². The fourth-order valence-corrected chi connectivity index (χ4v) is 3.43. The van der Waals surface area contributed by atoms with Gasteiger partial charge >= 0.3 is 12.1 Å². The summed E-state index contributed by atoms with van der Waals surface area (Å²) in [6.07, 6.45) is -0.567. The van der Waals surface area contributed by atoms with Gasteiger partial charge in [-0.2, -0.15) is 0 Å². The van der Waals surface area contributed by atoms with Crippen LogP contribution < -0.4 is 5.32 Å². The molecule has 0 unspecified atom stereocenters. The Labute approximate surface area is 144 Å². The second kappa shape index (κ2) is 8.58. The summed E-state index contributed by atoms with van der Waals surface area (Å²) in [5.41, 5.74) is 0.926. The Morgan fingerprint density at radius 2 is 2.17 bits per heavy atom. The Kier molecular flexibility index (Phi) is 6.48. The van der Waals surface area contributed by atoms with Crippen molar-refractivity contribution in [3.63, 3.8) is 0 Å². The minimum absolute atomic E-state index is 0.184. The number of benzene rings is 1. The molecular weight excluding hydrogens is 332 g/mol. The van der Waals surface area contributed by atoms with Gasteiger partial charge < -0.3 is 14.4 Å². The van der Waals surface area contributed by atoms with Gasteiger partial charge in [0.25, 0.3) is 5.91 Å². The molecule has 0 radical (unpaired) electrons. The maximum Gasteiger partial charge on any atom is 0.411 e. The molecule has 0 saturated carbocycles. The van der Waals surface area contributed by atoms with Crippen LogP contribution in [-0.4, -0.2) is 60.7 Å². The molecular formula is C16H20N2O5S. The average Bonchev–Trinajstić information content (AvgIpc) is 2.61. The van der Waals surface area contributed by atoms with E-state index in [9.17, 15) is 14.4 Å². The molecule has 1 atom stereocenters. The number of hydrogen-bond acceptors (Lipinski definition) is 6. The molecule has 0 spiro atoms. The first-order valence-corrected chi connectivity index (χ1v) is 8.62. The van der Waals surface area contributed by atoms with Gasteiger partial charge in [0.1, 0.15) is 5.25 Å². The highest BCUT2D eigenvalue weighted by atomic mass is 32.2. The minimum atomic E-state index is -0.567. The predicted octanol–water partition coefficient (Wildman–Crippen LogP) is 1.99. The van der Waals surface area contributed by atoms with E-state index in [1.807, 2.05) is 0 Å². The second-order valence-corrected chi connectivity index (χ2v) is 6.37. The van der Waals surface area contributed by atoms with E-state index in [1.165, 1.54) is 18.9 Å². The molecule has 2 amide bonds. The zero-order valence-electron chi connectivity index (χ0n) is 13.6. The van der Waals surface area contributed by atoms with E-state index < -0.39 is 6.09 Å². The van der Waals surface area contributed by atoms with Gasteiger partial charge in [-0.05, 0) is 25.1 Å². The lowest BCUT2D eigenvalue weighted by Gasteiger charge is -2.31. The number of ether oxygens (including phenoxy) is 2. The van der Waals surface area contributed by atoms with E-state index in [0.29, 0.717) is 30.1 Å². The molecule has 24 heavy (non-hydrogen) atoms. The molecule has 8 heteroatoms. The third kappa shape index (κ3) is 4.64. The molecule has 130 valence electrons. The minimum Gasteiger partial charge on any atom is -0.468 e. The maximum atomic E-state index is 12.6. The molecule has 1 saturated heterocycles. The van der Waals surface area contributed by atoms with Crippen molar-refractivity contribution in [3.8, 4) is 0 Å². The predicted molar refractivity (Wildman–Crippen MR) is 91.3 cm³/mol. The second-order valence-electron chi connectivity index (χ2n) is 5.06. The molecule has 1 N–H and O–H groups in total. The van der Waals surface area contributed by atoms with Gasteiger partial charge in [0, 0.05) is 30.1 Å². The Bertz CT molecular complexity index is 622. The molecule has 1 fully saturated rings. The number of esters is 1. The molecule has 1 aromatic rings. The van der Waals surface area contributed by atoms with Gasteiger partial charge in [-0.1, -0.05) is 6.07 Å². The van der Waals surface area contributed by atoms with E-state index in [-0.39, 0.29) is 23.7 Å². The molecule has 0 bridgehead atoms. The number of anilines is 1. The van der Waals surface area contributed by atoms with Crippen molar-refractivity contribution in [1.82, 2.24) is 4.90 Å². The van der Waals surface area contributed by atoms with Gasteiger partial charge in [0.15, 0.2) is 0 Å². The maximum absolute atomic E-state index is 12.6. The van der Waals surface area contributed by atoms with E-state index in [4.69, 9.17) is 9.47 Å². The summed E-state index contributed by atoms with van der Waals surface area (Å²) in [5, 5.41) is 2.20. The van der Waals surface area contributed by atoms with Crippen LogP contribution in [0.4, 0.5) is 10.5 Å². The summed E-state index contributed by atoms with van der Waals surface area (Å²) in [6, 6.07) is 6.63. The molecule has 1 aromatic carbocycles. The summed E-state index contributed by atoms with van der Waals surface area (Å²) < 4.78 is 9.57. The summed E-state index contributed by atoms with van der Waals surface area (Å²) in [4.78, 5) is 37.4. The highest BCUT2D eigenvalue weighted by Gasteiger charge is 2.30. The monoisotopic (exact) mass is 352 g/mol. The SMILES string of the molecule is CCOC(=O)Nc1cccc(C(=O)N2CCS[C@H](C(=O)OC)C2)c1. The number of methoxy groups -OCH3 is 1. The zero-order chi connectivity index (χ0) is 17.5. The molecule has 1 aliphatic rings. The highest BCUT2D eigenvalue weighted by molar-refractivity contribution is 8.00.